The van der Waals surface area contributed by atoms with Crippen molar-refractivity contribution >= 4 is 28.5 Å². The average Bonchev–Trinajstić information content (AvgIpc) is 4.14. The van der Waals surface area contributed by atoms with Gasteiger partial charge < -0.3 is 50.8 Å². The monoisotopic (exact) mass is 1030 g/mol. The molecule has 1 saturated carbocycles. The highest BCUT2D eigenvalue weighted by Gasteiger charge is 2.55. The van der Waals surface area contributed by atoms with Crippen molar-refractivity contribution in [2.75, 3.05) is 70.5 Å². The zero-order valence-corrected chi connectivity index (χ0v) is 42.7. The summed E-state index contributed by atoms with van der Waals surface area (Å²) in [5, 5.41) is 31.0. The fourth-order valence-electron chi connectivity index (χ4n) is 13.6. The van der Waals surface area contributed by atoms with Gasteiger partial charge in [0, 0.05) is 79.3 Å². The van der Waals surface area contributed by atoms with E-state index in [9.17, 15) is 19.8 Å². The number of hydrogen-bond donors (Lipinski definition) is 5. The lowest BCUT2D eigenvalue weighted by Crippen LogP contribution is -2.54. The van der Waals surface area contributed by atoms with Gasteiger partial charge in [-0.05, 0) is 125 Å². The first-order chi connectivity index (χ1) is 36.0. The maximum absolute atomic E-state index is 16.6. The summed E-state index contributed by atoms with van der Waals surface area (Å²) in [5.41, 5.74) is 6.24. The Morgan fingerprint density at radius 1 is 0.933 bits per heavy atom. The summed E-state index contributed by atoms with van der Waals surface area (Å²) in [4.78, 5) is 31.2. The van der Waals surface area contributed by atoms with Gasteiger partial charge in [0.25, 0.3) is 0 Å². The van der Waals surface area contributed by atoms with Crippen LogP contribution in [0.5, 0.6) is 11.5 Å². The van der Waals surface area contributed by atoms with Crippen molar-refractivity contribution in [2.45, 2.75) is 94.5 Å². The molecule has 0 radical (unpaired) electrons. The number of benzene rings is 4. The molecule has 0 spiro atoms. The Labute approximate surface area is 433 Å². The molecule has 398 valence electrons. The van der Waals surface area contributed by atoms with Crippen LogP contribution in [-0.2, 0) is 17.4 Å². The first kappa shape index (κ1) is 51.1. The van der Waals surface area contributed by atoms with Crippen molar-refractivity contribution in [3.05, 3.63) is 118 Å². The van der Waals surface area contributed by atoms with E-state index in [-0.39, 0.29) is 105 Å². The fourth-order valence-corrected chi connectivity index (χ4v) is 13.6. The van der Waals surface area contributed by atoms with E-state index in [2.05, 4.69) is 37.7 Å². The Kier molecular flexibility index (Phi) is 13.5. The third-order valence-electron chi connectivity index (χ3n) is 17.6. The van der Waals surface area contributed by atoms with E-state index in [1.54, 1.807) is 14.0 Å². The smallest absolute Gasteiger partial charge is 0.249 e. The molecule has 11 rings (SSSR count). The maximum atomic E-state index is 16.6. The molecule has 18 heteroatoms. The average molecular weight is 1040 g/mol. The number of ether oxygens (including phenoxy) is 2. The minimum Gasteiger partial charge on any atom is -0.488 e. The van der Waals surface area contributed by atoms with Gasteiger partial charge in [0.1, 0.15) is 29.5 Å². The lowest BCUT2D eigenvalue weighted by atomic mass is 9.76. The van der Waals surface area contributed by atoms with Crippen molar-refractivity contribution in [3.63, 3.8) is 0 Å². The van der Waals surface area contributed by atoms with E-state index in [1.165, 1.54) is 33.8 Å². The number of aromatic nitrogens is 2. The minimum absolute atomic E-state index is 0.00298. The molecule has 5 atom stereocenters. The fraction of sp³-hybridized carbons (Fsp3) is 0.491. The molecular formula is C57H66F4N8O6. The number of primary amides is 1. The number of aryl methyl sites for hydroxylation is 1. The SMILES string of the molecule is Cc1c(F)cc2c(c1-c1c(C(N)=O)ccc(OCCO)c1F)[C@H](C)[C@@](CNC13C=CC(CN4CCC(CN5CCC(c6c(F)cc7c(N8CCC(=O)NC8O)nn(C)c7c6F)CC5)CC4)(CC1)C3)(c1ccccc1)O2. The van der Waals surface area contributed by atoms with Crippen LogP contribution in [-0.4, -0.2) is 119 Å². The molecule has 5 heterocycles. The van der Waals surface area contributed by atoms with Gasteiger partial charge in [-0.15, -0.1) is 0 Å². The topological polar surface area (TPSA) is 171 Å². The van der Waals surface area contributed by atoms with E-state index in [1.807, 2.05) is 37.3 Å². The first-order valence-electron chi connectivity index (χ1n) is 26.5. The Balaban J connectivity index is 0.726. The number of likely N-dealkylation sites (tertiary alicyclic amines) is 2. The van der Waals surface area contributed by atoms with Crippen LogP contribution in [0.25, 0.3) is 22.0 Å². The standard InChI is InChI=1S/C57H66F4N8O6/c1-33-40(58)28-43-46(45(33)48-38(52(62)72)9-10-42(49(48)60)74-26-25-70)34(2)57(75-43,37-7-5-4-6-8-37)31-63-56-18-16-55(30-56,17-19-56)32-68-20-11-35(12-21-68)29-67-22-13-36(14-23-67)47-41(59)27-39-51(50(47)61)66(3)65-53(39)69-24-15-44(71)64-54(69)73/h4-10,16,18,27-28,34-36,54,63,70,73H,11-15,17,19-26,29-32H2,1-3H3,(H2,62,72)(H,64,71)/t34-,54?,55?,56?,57-/m0/s1. The van der Waals surface area contributed by atoms with Gasteiger partial charge in [-0.3, -0.25) is 14.3 Å². The number of rotatable bonds is 15. The second-order valence-corrected chi connectivity index (χ2v) is 22.1. The lowest BCUT2D eigenvalue weighted by molar-refractivity contribution is -0.125. The molecular weight excluding hydrogens is 969 g/mol. The van der Waals surface area contributed by atoms with Crippen LogP contribution in [0.2, 0.25) is 0 Å². The summed E-state index contributed by atoms with van der Waals surface area (Å²) in [6.45, 7) is 8.96. The van der Waals surface area contributed by atoms with Gasteiger partial charge >= 0.3 is 0 Å². The van der Waals surface area contributed by atoms with E-state index in [0.29, 0.717) is 30.9 Å². The number of nitrogens with one attached hydrogen (secondary N) is 2. The molecule has 75 heavy (non-hydrogen) atoms. The summed E-state index contributed by atoms with van der Waals surface area (Å²) in [6.07, 6.45) is 9.83. The second kappa shape index (κ2) is 19.8. The molecule has 1 aromatic heterocycles. The summed E-state index contributed by atoms with van der Waals surface area (Å²) < 4.78 is 78.9. The summed E-state index contributed by atoms with van der Waals surface area (Å²) in [6, 6.07) is 15.1. The van der Waals surface area contributed by atoms with Gasteiger partial charge in [0.15, 0.2) is 28.8 Å². The molecule has 2 bridgehead atoms. The molecule has 3 unspecified atom stereocenters. The number of nitrogens with two attached hydrogens (primary N) is 1. The van der Waals surface area contributed by atoms with Crippen molar-refractivity contribution < 1.29 is 46.8 Å². The molecule has 2 aliphatic carbocycles. The van der Waals surface area contributed by atoms with Gasteiger partial charge in [0.2, 0.25) is 18.2 Å². The van der Waals surface area contributed by atoms with E-state index < -0.39 is 47.0 Å². The number of piperidine rings is 2. The van der Waals surface area contributed by atoms with Gasteiger partial charge in [0.05, 0.1) is 17.6 Å². The number of nitrogens with zero attached hydrogens (tertiary/aromatic N) is 5. The quantitative estimate of drug-likeness (QED) is 0.0530. The van der Waals surface area contributed by atoms with Gasteiger partial charge in [-0.25, -0.2) is 17.6 Å². The number of carbonyl (C=O) groups is 2. The van der Waals surface area contributed by atoms with Crippen LogP contribution in [0.3, 0.4) is 0 Å². The Morgan fingerprint density at radius 2 is 1.68 bits per heavy atom. The van der Waals surface area contributed by atoms with E-state index in [4.69, 9.17) is 15.2 Å². The van der Waals surface area contributed by atoms with Crippen LogP contribution in [0, 0.1) is 41.5 Å². The number of fused-ring (bicyclic) bond motifs is 4. The van der Waals surface area contributed by atoms with Crippen LogP contribution in [0.15, 0.2) is 66.7 Å². The highest BCUT2D eigenvalue weighted by Crippen LogP contribution is 2.57. The predicted molar refractivity (Wildman–Crippen MR) is 275 cm³/mol. The van der Waals surface area contributed by atoms with Crippen LogP contribution >= 0.6 is 0 Å². The summed E-state index contributed by atoms with van der Waals surface area (Å²) in [7, 11) is 1.61. The number of aliphatic hydroxyl groups excluding tert-OH is 2. The molecule has 6 aliphatic rings. The van der Waals surface area contributed by atoms with Crippen LogP contribution in [0.1, 0.15) is 103 Å². The molecule has 4 aromatic carbocycles. The van der Waals surface area contributed by atoms with Gasteiger partial charge in [-0.2, -0.15) is 5.10 Å². The number of hydrogen-bond acceptors (Lipinski definition) is 11. The zero-order chi connectivity index (χ0) is 52.6. The molecule has 14 nitrogen and oxygen atoms in total. The van der Waals surface area contributed by atoms with Crippen LogP contribution < -0.4 is 30.7 Å². The number of anilines is 1. The second-order valence-electron chi connectivity index (χ2n) is 22.1. The van der Waals surface area contributed by atoms with Crippen molar-refractivity contribution in [1.82, 2.24) is 30.2 Å². The van der Waals surface area contributed by atoms with E-state index >= 15 is 17.6 Å². The Bertz CT molecular complexity index is 3070. The zero-order valence-electron chi connectivity index (χ0n) is 42.7. The molecule has 3 saturated heterocycles. The Hall–Kier alpha value is -6.05. The summed E-state index contributed by atoms with van der Waals surface area (Å²) >= 11 is 0. The number of carbonyl (C=O) groups excluding carboxylic acids is 2. The lowest BCUT2D eigenvalue weighted by Gasteiger charge is -2.40. The highest BCUT2D eigenvalue weighted by atomic mass is 19.1. The van der Waals surface area contributed by atoms with Crippen molar-refractivity contribution in [2.24, 2.45) is 24.1 Å². The normalized spacial score (nSPS) is 26.3. The molecule has 4 fully saturated rings. The van der Waals surface area contributed by atoms with Crippen molar-refractivity contribution in [1.29, 1.82) is 0 Å². The maximum Gasteiger partial charge on any atom is 0.249 e. The number of amides is 2. The van der Waals surface area contributed by atoms with E-state index in [0.717, 1.165) is 76.9 Å². The third-order valence-corrected chi connectivity index (χ3v) is 17.6. The largest absolute Gasteiger partial charge is 0.488 e. The number of aliphatic hydroxyl groups is 2. The minimum atomic E-state index is -1.34. The van der Waals surface area contributed by atoms with Crippen molar-refractivity contribution in [3.8, 4) is 22.6 Å². The van der Waals surface area contributed by atoms with Gasteiger partial charge in [-0.1, -0.05) is 49.4 Å². The first-order valence-corrected chi connectivity index (χ1v) is 26.5. The summed E-state index contributed by atoms with van der Waals surface area (Å²) in [5.74, 6) is -3.83. The Morgan fingerprint density at radius 3 is 2.37 bits per heavy atom. The molecule has 2 amide bonds. The predicted octanol–water partition coefficient (Wildman–Crippen LogP) is 7.23. The molecule has 4 aliphatic heterocycles. The molecule has 5 aromatic rings. The third kappa shape index (κ3) is 9.03. The molecule has 6 N–H and O–H groups in total. The van der Waals surface area contributed by atoms with Crippen LogP contribution in [0.4, 0.5) is 23.4 Å². The number of halogens is 4. The highest BCUT2D eigenvalue weighted by molar-refractivity contribution is 6.01.